The first kappa shape index (κ1) is 17.8. The molecule has 0 radical (unpaired) electrons. The number of benzene rings is 1. The number of amides is 1. The van der Waals surface area contributed by atoms with E-state index in [1.807, 2.05) is 24.3 Å². The van der Waals surface area contributed by atoms with E-state index in [1.165, 1.54) is 0 Å². The maximum absolute atomic E-state index is 11.8. The predicted octanol–water partition coefficient (Wildman–Crippen LogP) is 2.64. The van der Waals surface area contributed by atoms with Crippen LogP contribution in [0.25, 0.3) is 0 Å². The summed E-state index contributed by atoms with van der Waals surface area (Å²) >= 11 is 0. The first-order chi connectivity index (χ1) is 9.51. The molecule has 1 aromatic carbocycles. The monoisotopic (exact) mass is 312 g/mol. The van der Waals surface area contributed by atoms with Crippen molar-refractivity contribution in [3.05, 3.63) is 29.8 Å². The third kappa shape index (κ3) is 5.21. The summed E-state index contributed by atoms with van der Waals surface area (Å²) in [6, 6.07) is 7.81. The van der Waals surface area contributed by atoms with Gasteiger partial charge in [0.25, 0.3) is 0 Å². The highest BCUT2D eigenvalue weighted by Crippen LogP contribution is 2.32. The predicted molar refractivity (Wildman–Crippen MR) is 86.6 cm³/mol. The van der Waals surface area contributed by atoms with Crippen LogP contribution in [0.15, 0.2) is 24.3 Å². The van der Waals surface area contributed by atoms with E-state index in [0.29, 0.717) is 19.1 Å². The zero-order valence-corrected chi connectivity index (χ0v) is 13.5. The van der Waals surface area contributed by atoms with Crippen LogP contribution >= 0.6 is 12.4 Å². The van der Waals surface area contributed by atoms with Gasteiger partial charge in [0.15, 0.2) is 0 Å². The van der Waals surface area contributed by atoms with Gasteiger partial charge in [-0.2, -0.15) is 0 Å². The van der Waals surface area contributed by atoms with Gasteiger partial charge in [0.2, 0.25) is 5.91 Å². The Bertz CT molecular complexity index is 473. The molecule has 0 aromatic heterocycles. The highest BCUT2D eigenvalue weighted by atomic mass is 35.5. The zero-order chi connectivity index (χ0) is 14.6. The molecule has 0 unspecified atom stereocenters. The number of halogens is 1. The van der Waals surface area contributed by atoms with Crippen molar-refractivity contribution in [3.63, 3.8) is 0 Å². The third-order valence-corrected chi connectivity index (χ3v) is 3.61. The van der Waals surface area contributed by atoms with Crippen LogP contribution in [-0.4, -0.2) is 18.1 Å². The number of nitrogens with one attached hydrogen (secondary N) is 1. The summed E-state index contributed by atoms with van der Waals surface area (Å²) in [5, 5.41) is 2.90. The molecule has 1 aliphatic carbocycles. The van der Waals surface area contributed by atoms with Gasteiger partial charge in [-0.25, -0.2) is 0 Å². The fourth-order valence-corrected chi connectivity index (χ4v) is 1.91. The summed E-state index contributed by atoms with van der Waals surface area (Å²) in [6.45, 7) is 5.51. The van der Waals surface area contributed by atoms with E-state index in [-0.39, 0.29) is 18.3 Å². The average molecular weight is 313 g/mol. The lowest BCUT2D eigenvalue weighted by Gasteiger charge is -2.14. The van der Waals surface area contributed by atoms with Crippen LogP contribution in [0, 0.1) is 5.92 Å². The Morgan fingerprint density at radius 2 is 2.05 bits per heavy atom. The van der Waals surface area contributed by atoms with E-state index < -0.39 is 5.54 Å². The van der Waals surface area contributed by atoms with Crippen LogP contribution in [-0.2, 0) is 11.3 Å². The molecule has 4 nitrogen and oxygen atoms in total. The zero-order valence-electron chi connectivity index (χ0n) is 12.7. The fourth-order valence-electron chi connectivity index (χ4n) is 1.91. The molecule has 1 aromatic rings. The average Bonchev–Trinajstić information content (AvgIpc) is 3.16. The van der Waals surface area contributed by atoms with Gasteiger partial charge in [-0.1, -0.05) is 32.0 Å². The standard InChI is InChI=1S/C16H24N2O2.ClH/c1-12(2)7-10-20-14-6-4-3-5-13(14)11-18-15(19)16(17)8-9-16;/h3-6,12H,7-11,17H2,1-2H3,(H,18,19);1H. The Labute approximate surface area is 132 Å². The number of hydrogen-bond acceptors (Lipinski definition) is 3. The minimum atomic E-state index is -0.618. The van der Waals surface area contributed by atoms with Crippen molar-refractivity contribution in [2.75, 3.05) is 6.61 Å². The second-order valence-electron chi connectivity index (χ2n) is 5.98. The molecule has 0 bridgehead atoms. The maximum atomic E-state index is 11.8. The Hall–Kier alpha value is -1.26. The number of rotatable bonds is 7. The summed E-state index contributed by atoms with van der Waals surface area (Å²) in [7, 11) is 0. The fraction of sp³-hybridized carbons (Fsp3) is 0.562. The molecule has 1 amide bonds. The van der Waals surface area contributed by atoms with E-state index in [0.717, 1.165) is 30.6 Å². The van der Waals surface area contributed by atoms with Crippen LogP contribution in [0.4, 0.5) is 0 Å². The quantitative estimate of drug-likeness (QED) is 0.813. The molecule has 118 valence electrons. The molecule has 0 aliphatic heterocycles. The number of carbonyl (C=O) groups is 1. The number of ether oxygens (including phenoxy) is 1. The molecular weight excluding hydrogens is 288 g/mol. The van der Waals surface area contributed by atoms with Gasteiger partial charge in [-0.15, -0.1) is 12.4 Å². The number of hydrogen-bond donors (Lipinski definition) is 2. The number of nitrogens with two attached hydrogens (primary N) is 1. The Morgan fingerprint density at radius 3 is 2.67 bits per heavy atom. The first-order valence-corrected chi connectivity index (χ1v) is 7.29. The normalized spacial score (nSPS) is 15.2. The van der Waals surface area contributed by atoms with Gasteiger partial charge in [-0.3, -0.25) is 4.79 Å². The highest BCUT2D eigenvalue weighted by molar-refractivity contribution is 5.88. The van der Waals surface area contributed by atoms with Crippen molar-refractivity contribution in [3.8, 4) is 5.75 Å². The molecule has 0 spiro atoms. The SMILES string of the molecule is CC(C)CCOc1ccccc1CNC(=O)C1(N)CC1.Cl. The Morgan fingerprint density at radius 1 is 1.38 bits per heavy atom. The molecule has 0 atom stereocenters. The van der Waals surface area contributed by atoms with Crippen molar-refractivity contribution in [2.24, 2.45) is 11.7 Å². The topological polar surface area (TPSA) is 64.3 Å². The summed E-state index contributed by atoms with van der Waals surface area (Å²) in [6.07, 6.45) is 2.59. The minimum Gasteiger partial charge on any atom is -0.493 e. The first-order valence-electron chi connectivity index (χ1n) is 7.29. The van der Waals surface area contributed by atoms with Crippen LogP contribution in [0.3, 0.4) is 0 Å². The molecule has 21 heavy (non-hydrogen) atoms. The molecule has 2 rings (SSSR count). The molecule has 0 heterocycles. The Balaban J connectivity index is 0.00000220. The van der Waals surface area contributed by atoms with Crippen molar-refractivity contribution in [1.29, 1.82) is 0 Å². The van der Waals surface area contributed by atoms with Crippen LogP contribution in [0.2, 0.25) is 0 Å². The van der Waals surface area contributed by atoms with Gasteiger partial charge >= 0.3 is 0 Å². The molecule has 3 N–H and O–H groups in total. The summed E-state index contributed by atoms with van der Waals surface area (Å²) < 4.78 is 5.80. The van der Waals surface area contributed by atoms with E-state index in [2.05, 4.69) is 19.2 Å². The van der Waals surface area contributed by atoms with E-state index in [1.54, 1.807) is 0 Å². The summed E-state index contributed by atoms with van der Waals surface area (Å²) in [5.74, 6) is 1.40. The van der Waals surface area contributed by atoms with Gasteiger partial charge in [0, 0.05) is 12.1 Å². The van der Waals surface area contributed by atoms with Crippen LogP contribution < -0.4 is 15.8 Å². The highest BCUT2D eigenvalue weighted by Gasteiger charge is 2.45. The van der Waals surface area contributed by atoms with E-state index in [4.69, 9.17) is 10.5 Å². The molecule has 0 saturated heterocycles. The van der Waals surface area contributed by atoms with Crippen molar-refractivity contribution < 1.29 is 9.53 Å². The molecule has 1 aliphatic rings. The number of carbonyl (C=O) groups excluding carboxylic acids is 1. The minimum absolute atomic E-state index is 0. The lowest BCUT2D eigenvalue weighted by molar-refractivity contribution is -0.123. The second-order valence-corrected chi connectivity index (χ2v) is 5.98. The third-order valence-electron chi connectivity index (χ3n) is 3.61. The van der Waals surface area contributed by atoms with E-state index >= 15 is 0 Å². The van der Waals surface area contributed by atoms with Gasteiger partial charge in [0.1, 0.15) is 5.75 Å². The van der Waals surface area contributed by atoms with Gasteiger partial charge in [-0.05, 0) is 31.2 Å². The van der Waals surface area contributed by atoms with Crippen LogP contribution in [0.1, 0.15) is 38.7 Å². The van der Waals surface area contributed by atoms with Gasteiger partial charge < -0.3 is 15.8 Å². The summed E-state index contributed by atoms with van der Waals surface area (Å²) in [5.41, 5.74) is 6.24. The summed E-state index contributed by atoms with van der Waals surface area (Å²) in [4.78, 5) is 11.8. The van der Waals surface area contributed by atoms with E-state index in [9.17, 15) is 4.79 Å². The number of para-hydroxylation sites is 1. The van der Waals surface area contributed by atoms with Crippen molar-refractivity contribution in [1.82, 2.24) is 5.32 Å². The molecule has 1 fully saturated rings. The van der Waals surface area contributed by atoms with Crippen LogP contribution in [0.5, 0.6) is 5.75 Å². The van der Waals surface area contributed by atoms with Gasteiger partial charge in [0.05, 0.1) is 12.1 Å². The molecular formula is C16H25ClN2O2. The largest absolute Gasteiger partial charge is 0.493 e. The second kappa shape index (κ2) is 7.66. The smallest absolute Gasteiger partial charge is 0.240 e. The molecule has 5 heteroatoms. The van der Waals surface area contributed by atoms with Crippen molar-refractivity contribution in [2.45, 2.75) is 45.2 Å². The molecule has 1 saturated carbocycles. The van der Waals surface area contributed by atoms with Crippen molar-refractivity contribution >= 4 is 18.3 Å². The lowest BCUT2D eigenvalue weighted by Crippen LogP contribution is -2.42. The maximum Gasteiger partial charge on any atom is 0.240 e. The Kier molecular flexibility index (Phi) is 6.49. The lowest BCUT2D eigenvalue weighted by atomic mass is 10.1.